The minimum Gasteiger partial charge on any atom is -0.495 e. The fraction of sp³-hybridized carbons (Fsp3) is 0.500. The van der Waals surface area contributed by atoms with E-state index in [4.69, 9.17) is 4.74 Å². The number of hydrogen-bond donors (Lipinski definition) is 2. The van der Waals surface area contributed by atoms with Crippen molar-refractivity contribution in [2.24, 2.45) is 0 Å². The molecular formula is C16H22N2O3. The number of hydrogen-bond acceptors (Lipinski definition) is 4. The van der Waals surface area contributed by atoms with Gasteiger partial charge >= 0.3 is 0 Å². The number of benzene rings is 1. The average molecular weight is 290 g/mol. The van der Waals surface area contributed by atoms with Gasteiger partial charge in [0.15, 0.2) is 5.78 Å². The summed E-state index contributed by atoms with van der Waals surface area (Å²) in [6.45, 7) is 6.33. The largest absolute Gasteiger partial charge is 0.495 e. The van der Waals surface area contributed by atoms with E-state index >= 15 is 0 Å². The summed E-state index contributed by atoms with van der Waals surface area (Å²) in [4.78, 5) is 24.0. The summed E-state index contributed by atoms with van der Waals surface area (Å²) in [5.41, 5.74) is 2.05. The van der Waals surface area contributed by atoms with Gasteiger partial charge in [0.2, 0.25) is 5.91 Å². The van der Waals surface area contributed by atoms with Gasteiger partial charge in [-0.1, -0.05) is 0 Å². The highest BCUT2D eigenvalue weighted by Crippen LogP contribution is 2.35. The Morgan fingerprint density at radius 1 is 1.33 bits per heavy atom. The van der Waals surface area contributed by atoms with Crippen LogP contribution in [0.4, 0.5) is 5.69 Å². The number of rotatable bonds is 4. The van der Waals surface area contributed by atoms with Gasteiger partial charge in [-0.05, 0) is 44.9 Å². The molecule has 21 heavy (non-hydrogen) atoms. The number of amides is 1. The molecule has 2 N–H and O–H groups in total. The van der Waals surface area contributed by atoms with Gasteiger partial charge in [0.05, 0.1) is 19.3 Å². The van der Waals surface area contributed by atoms with E-state index in [-0.39, 0.29) is 23.8 Å². The van der Waals surface area contributed by atoms with Gasteiger partial charge in [-0.3, -0.25) is 9.59 Å². The standard InChI is InChI=1S/C16H22N2O3/c1-16(2,3)17-9-12(19)10-5-7-13(21-4)15-11(10)6-8-14(20)18-15/h5,7,17H,6,8-9H2,1-4H3,(H,18,20). The van der Waals surface area contributed by atoms with Gasteiger partial charge in [-0.2, -0.15) is 0 Å². The second-order valence-electron chi connectivity index (χ2n) is 6.24. The Morgan fingerprint density at radius 3 is 2.67 bits per heavy atom. The smallest absolute Gasteiger partial charge is 0.224 e. The molecule has 2 rings (SSSR count). The van der Waals surface area contributed by atoms with Crippen LogP contribution in [0.2, 0.25) is 0 Å². The van der Waals surface area contributed by atoms with Crippen molar-refractivity contribution in [2.75, 3.05) is 19.0 Å². The normalized spacial score (nSPS) is 14.4. The molecule has 0 unspecified atom stereocenters. The molecule has 1 aliphatic rings. The number of nitrogens with one attached hydrogen (secondary N) is 2. The van der Waals surface area contributed by atoms with Crippen LogP contribution in [0.1, 0.15) is 43.1 Å². The summed E-state index contributed by atoms with van der Waals surface area (Å²) in [7, 11) is 1.55. The number of ether oxygens (including phenoxy) is 1. The van der Waals surface area contributed by atoms with Crippen molar-refractivity contribution in [3.05, 3.63) is 23.3 Å². The third kappa shape index (κ3) is 3.61. The lowest BCUT2D eigenvalue weighted by Crippen LogP contribution is -2.39. The van der Waals surface area contributed by atoms with Crippen LogP contribution in [-0.4, -0.2) is 30.9 Å². The number of carbonyl (C=O) groups excluding carboxylic acids is 2. The van der Waals surface area contributed by atoms with E-state index in [9.17, 15) is 9.59 Å². The zero-order chi connectivity index (χ0) is 15.6. The maximum absolute atomic E-state index is 12.4. The number of methoxy groups -OCH3 is 1. The molecule has 5 heteroatoms. The first-order chi connectivity index (χ1) is 9.81. The van der Waals surface area contributed by atoms with Crippen LogP contribution in [-0.2, 0) is 11.2 Å². The molecule has 0 aliphatic carbocycles. The maximum atomic E-state index is 12.4. The molecule has 0 saturated heterocycles. The maximum Gasteiger partial charge on any atom is 0.224 e. The summed E-state index contributed by atoms with van der Waals surface area (Å²) in [5, 5.41) is 6.01. The molecule has 0 saturated carbocycles. The van der Waals surface area contributed by atoms with Crippen molar-refractivity contribution in [1.29, 1.82) is 0 Å². The Balaban J connectivity index is 2.31. The first-order valence-electron chi connectivity index (χ1n) is 7.10. The van der Waals surface area contributed by atoms with Crippen LogP contribution in [0.25, 0.3) is 0 Å². The summed E-state index contributed by atoms with van der Waals surface area (Å²) in [5.74, 6) is 0.580. The van der Waals surface area contributed by atoms with Gasteiger partial charge in [0, 0.05) is 17.5 Å². The lowest BCUT2D eigenvalue weighted by molar-refractivity contribution is -0.116. The van der Waals surface area contributed by atoms with Gasteiger partial charge < -0.3 is 15.4 Å². The van der Waals surface area contributed by atoms with Crippen LogP contribution < -0.4 is 15.4 Å². The molecule has 1 aromatic rings. The molecule has 5 nitrogen and oxygen atoms in total. The fourth-order valence-electron chi connectivity index (χ4n) is 2.34. The Hall–Kier alpha value is -1.88. The Labute approximate surface area is 125 Å². The van der Waals surface area contributed by atoms with Crippen LogP contribution in [0, 0.1) is 0 Å². The van der Waals surface area contributed by atoms with Gasteiger partial charge in [0.1, 0.15) is 5.75 Å². The predicted octanol–water partition coefficient (Wildman–Crippen LogP) is 2.15. The summed E-state index contributed by atoms with van der Waals surface area (Å²) in [6.07, 6.45) is 0.960. The predicted molar refractivity (Wildman–Crippen MR) is 82.0 cm³/mol. The zero-order valence-electron chi connectivity index (χ0n) is 13.0. The number of anilines is 1. The average Bonchev–Trinajstić information content (AvgIpc) is 2.42. The van der Waals surface area contributed by atoms with Crippen molar-refractivity contribution in [1.82, 2.24) is 5.32 Å². The van der Waals surface area contributed by atoms with Crippen molar-refractivity contribution in [3.63, 3.8) is 0 Å². The molecule has 1 aliphatic heterocycles. The van der Waals surface area contributed by atoms with Crippen LogP contribution in [0.15, 0.2) is 12.1 Å². The first-order valence-corrected chi connectivity index (χ1v) is 7.10. The number of carbonyl (C=O) groups is 2. The number of Topliss-reactive ketones (excluding diaryl/α,β-unsaturated/α-hetero) is 1. The number of fused-ring (bicyclic) bond motifs is 1. The molecule has 1 heterocycles. The van der Waals surface area contributed by atoms with Crippen molar-refractivity contribution >= 4 is 17.4 Å². The van der Waals surface area contributed by atoms with E-state index in [0.717, 1.165) is 5.56 Å². The fourth-order valence-corrected chi connectivity index (χ4v) is 2.34. The zero-order valence-corrected chi connectivity index (χ0v) is 13.0. The molecule has 0 atom stereocenters. The molecule has 0 radical (unpaired) electrons. The monoisotopic (exact) mass is 290 g/mol. The van der Waals surface area contributed by atoms with Gasteiger partial charge in [0.25, 0.3) is 0 Å². The highest BCUT2D eigenvalue weighted by atomic mass is 16.5. The third-order valence-corrected chi connectivity index (χ3v) is 3.44. The van der Waals surface area contributed by atoms with Gasteiger partial charge in [-0.15, -0.1) is 0 Å². The van der Waals surface area contributed by atoms with E-state index in [2.05, 4.69) is 10.6 Å². The molecule has 0 bridgehead atoms. The molecule has 1 aromatic carbocycles. The lowest BCUT2D eigenvalue weighted by Gasteiger charge is -2.23. The van der Waals surface area contributed by atoms with E-state index in [1.165, 1.54) is 0 Å². The Bertz CT molecular complexity index is 574. The highest BCUT2D eigenvalue weighted by molar-refractivity contribution is 6.04. The van der Waals surface area contributed by atoms with Crippen LogP contribution in [0.5, 0.6) is 5.75 Å². The van der Waals surface area contributed by atoms with E-state index in [1.54, 1.807) is 19.2 Å². The van der Waals surface area contributed by atoms with E-state index < -0.39 is 0 Å². The lowest BCUT2D eigenvalue weighted by atomic mass is 9.94. The van der Waals surface area contributed by atoms with E-state index in [0.29, 0.717) is 29.8 Å². The van der Waals surface area contributed by atoms with Crippen LogP contribution >= 0.6 is 0 Å². The van der Waals surface area contributed by atoms with Crippen LogP contribution in [0.3, 0.4) is 0 Å². The van der Waals surface area contributed by atoms with Crippen molar-refractivity contribution < 1.29 is 14.3 Å². The van der Waals surface area contributed by atoms with E-state index in [1.807, 2.05) is 20.8 Å². The summed E-state index contributed by atoms with van der Waals surface area (Å²) in [6, 6.07) is 3.51. The number of ketones is 1. The Kier molecular flexibility index (Phi) is 4.32. The highest BCUT2D eigenvalue weighted by Gasteiger charge is 2.24. The van der Waals surface area contributed by atoms with Crippen molar-refractivity contribution in [2.45, 2.75) is 39.2 Å². The second kappa shape index (κ2) is 5.85. The minimum absolute atomic E-state index is 0.0278. The SMILES string of the molecule is COc1ccc(C(=O)CNC(C)(C)C)c2c1NC(=O)CC2. The first kappa shape index (κ1) is 15.5. The second-order valence-corrected chi connectivity index (χ2v) is 6.24. The topological polar surface area (TPSA) is 67.4 Å². The van der Waals surface area contributed by atoms with Gasteiger partial charge in [-0.25, -0.2) is 0 Å². The minimum atomic E-state index is -0.115. The summed E-state index contributed by atoms with van der Waals surface area (Å²) >= 11 is 0. The quantitative estimate of drug-likeness (QED) is 0.834. The third-order valence-electron chi connectivity index (χ3n) is 3.44. The van der Waals surface area contributed by atoms with Crippen molar-refractivity contribution in [3.8, 4) is 5.75 Å². The molecule has 0 fully saturated rings. The molecule has 1 amide bonds. The molecule has 0 aromatic heterocycles. The summed E-state index contributed by atoms with van der Waals surface area (Å²) < 4.78 is 5.27. The molecule has 114 valence electrons. The Morgan fingerprint density at radius 2 is 2.05 bits per heavy atom. The molecule has 0 spiro atoms. The molecular weight excluding hydrogens is 268 g/mol.